The molecule has 0 aliphatic rings. The third kappa shape index (κ3) is 2.52. The summed E-state index contributed by atoms with van der Waals surface area (Å²) < 4.78 is 0. The van der Waals surface area contributed by atoms with Crippen LogP contribution in [0.2, 0.25) is 0 Å². The van der Waals surface area contributed by atoms with Crippen molar-refractivity contribution >= 4 is 43.9 Å². The lowest BCUT2D eigenvalue weighted by Gasteiger charge is -2.26. The second-order valence-corrected chi connectivity index (χ2v) is 7.81. The molecule has 0 heterocycles. The zero-order valence-corrected chi connectivity index (χ0v) is 14.8. The third-order valence-corrected chi connectivity index (χ3v) is 4.98. The van der Waals surface area contributed by atoms with E-state index in [0.29, 0.717) is 0 Å². The van der Waals surface area contributed by atoms with Crippen LogP contribution >= 0.6 is 0 Å². The van der Waals surface area contributed by atoms with E-state index in [1.54, 1.807) is 0 Å². The van der Waals surface area contributed by atoms with Crippen molar-refractivity contribution in [2.75, 3.05) is 5.32 Å². The van der Waals surface area contributed by atoms with Gasteiger partial charge in [-0.15, -0.1) is 0 Å². The minimum absolute atomic E-state index is 0.151. The molecule has 0 aliphatic heterocycles. The standard InChI is InChI=1S/C22H22N2O/c1-22(2,3)20(23)21(25)24-17-12-15-8-4-6-13-10-11-14-7-5-9-16(17)19(14)18(13)15/h4-12,20H,23H2,1-3H3,(H,24,25)/t20-/m1/s1. The lowest BCUT2D eigenvalue weighted by molar-refractivity contribution is -0.119. The molecular formula is C22H22N2O. The van der Waals surface area contributed by atoms with E-state index in [1.807, 2.05) is 32.9 Å². The Balaban J connectivity index is 1.94. The summed E-state index contributed by atoms with van der Waals surface area (Å²) in [6.45, 7) is 5.93. The molecule has 0 aliphatic carbocycles. The number of hydrogen-bond acceptors (Lipinski definition) is 2. The molecule has 0 saturated heterocycles. The fourth-order valence-corrected chi connectivity index (χ4v) is 3.47. The summed E-state index contributed by atoms with van der Waals surface area (Å²) >= 11 is 0. The molecular weight excluding hydrogens is 308 g/mol. The van der Waals surface area contributed by atoms with Gasteiger partial charge in [0.15, 0.2) is 0 Å². The Labute approximate surface area is 147 Å². The fraction of sp³-hybridized carbons (Fsp3) is 0.227. The van der Waals surface area contributed by atoms with Gasteiger partial charge in [0, 0.05) is 11.1 Å². The van der Waals surface area contributed by atoms with E-state index in [-0.39, 0.29) is 11.3 Å². The van der Waals surface area contributed by atoms with Gasteiger partial charge in [-0.3, -0.25) is 4.79 Å². The van der Waals surface area contributed by atoms with Gasteiger partial charge in [-0.1, -0.05) is 69.3 Å². The molecule has 1 amide bonds. The van der Waals surface area contributed by atoms with Crippen molar-refractivity contribution in [2.24, 2.45) is 11.1 Å². The van der Waals surface area contributed by atoms with Gasteiger partial charge in [-0.25, -0.2) is 0 Å². The fourth-order valence-electron chi connectivity index (χ4n) is 3.47. The lowest BCUT2D eigenvalue weighted by atomic mass is 9.86. The molecule has 0 spiro atoms. The van der Waals surface area contributed by atoms with E-state index in [0.717, 1.165) is 16.5 Å². The summed E-state index contributed by atoms with van der Waals surface area (Å²) in [5.74, 6) is -0.151. The zero-order chi connectivity index (χ0) is 17.8. The molecule has 4 rings (SSSR count). The molecule has 3 N–H and O–H groups in total. The smallest absolute Gasteiger partial charge is 0.241 e. The predicted octanol–water partition coefficient (Wildman–Crippen LogP) is 4.90. The summed E-state index contributed by atoms with van der Waals surface area (Å²) in [5.41, 5.74) is 6.67. The quantitative estimate of drug-likeness (QED) is 0.514. The highest BCUT2D eigenvalue weighted by molar-refractivity contribution is 6.26. The Morgan fingerprint density at radius 2 is 1.52 bits per heavy atom. The Morgan fingerprint density at radius 1 is 0.920 bits per heavy atom. The Kier molecular flexibility index (Phi) is 3.44. The number of rotatable bonds is 2. The highest BCUT2D eigenvalue weighted by Gasteiger charge is 2.28. The minimum Gasteiger partial charge on any atom is -0.324 e. The van der Waals surface area contributed by atoms with Crippen molar-refractivity contribution < 1.29 is 4.79 Å². The summed E-state index contributed by atoms with van der Waals surface area (Å²) in [5, 5.41) is 10.1. The molecule has 4 aromatic rings. The van der Waals surface area contributed by atoms with Crippen LogP contribution in [0.3, 0.4) is 0 Å². The molecule has 0 bridgehead atoms. The second kappa shape index (κ2) is 5.43. The molecule has 1 atom stereocenters. The maximum absolute atomic E-state index is 12.7. The molecule has 0 radical (unpaired) electrons. The van der Waals surface area contributed by atoms with Crippen LogP contribution < -0.4 is 11.1 Å². The monoisotopic (exact) mass is 330 g/mol. The highest BCUT2D eigenvalue weighted by Crippen LogP contribution is 2.38. The first kappa shape index (κ1) is 15.9. The van der Waals surface area contributed by atoms with Crippen LogP contribution in [0.1, 0.15) is 20.8 Å². The summed E-state index contributed by atoms with van der Waals surface area (Å²) in [6.07, 6.45) is 0. The molecule has 3 heteroatoms. The predicted molar refractivity (Wildman–Crippen MR) is 106 cm³/mol. The van der Waals surface area contributed by atoms with Gasteiger partial charge in [0.1, 0.15) is 0 Å². The normalized spacial score (nSPS) is 13.6. The van der Waals surface area contributed by atoms with Crippen molar-refractivity contribution in [3.05, 3.63) is 54.6 Å². The van der Waals surface area contributed by atoms with Crippen molar-refractivity contribution in [2.45, 2.75) is 26.8 Å². The van der Waals surface area contributed by atoms with Crippen molar-refractivity contribution in [1.82, 2.24) is 0 Å². The molecule has 0 unspecified atom stereocenters. The van der Waals surface area contributed by atoms with Crippen molar-refractivity contribution in [3.8, 4) is 0 Å². The van der Waals surface area contributed by atoms with Crippen LogP contribution in [0, 0.1) is 5.41 Å². The summed E-state index contributed by atoms with van der Waals surface area (Å²) in [4.78, 5) is 12.7. The molecule has 0 saturated carbocycles. The first-order valence-corrected chi connectivity index (χ1v) is 8.59. The molecule has 0 fully saturated rings. The largest absolute Gasteiger partial charge is 0.324 e. The van der Waals surface area contributed by atoms with Crippen molar-refractivity contribution in [3.63, 3.8) is 0 Å². The van der Waals surface area contributed by atoms with Crippen molar-refractivity contribution in [1.29, 1.82) is 0 Å². The van der Waals surface area contributed by atoms with Gasteiger partial charge in [-0.05, 0) is 38.4 Å². The summed E-state index contributed by atoms with van der Waals surface area (Å²) in [6, 6.07) is 18.2. The number of amides is 1. The van der Waals surface area contributed by atoms with Gasteiger partial charge < -0.3 is 11.1 Å². The zero-order valence-electron chi connectivity index (χ0n) is 14.8. The SMILES string of the molecule is CC(C)(C)[C@H](N)C(=O)Nc1cc2cccc3ccc4cccc1c4c32. The number of benzene rings is 4. The topological polar surface area (TPSA) is 55.1 Å². The lowest BCUT2D eigenvalue weighted by Crippen LogP contribution is -2.45. The van der Waals surface area contributed by atoms with Crippen LogP contribution in [0.25, 0.3) is 32.3 Å². The van der Waals surface area contributed by atoms with Gasteiger partial charge >= 0.3 is 0 Å². The maximum Gasteiger partial charge on any atom is 0.241 e. The van der Waals surface area contributed by atoms with E-state index >= 15 is 0 Å². The van der Waals surface area contributed by atoms with Gasteiger partial charge in [0.05, 0.1) is 6.04 Å². The van der Waals surface area contributed by atoms with E-state index in [9.17, 15) is 4.79 Å². The Bertz CT molecular complexity index is 1090. The number of carbonyl (C=O) groups is 1. The highest BCUT2D eigenvalue weighted by atomic mass is 16.2. The van der Waals surface area contributed by atoms with Crippen LogP contribution in [0.5, 0.6) is 0 Å². The van der Waals surface area contributed by atoms with Crippen LogP contribution in [-0.4, -0.2) is 11.9 Å². The van der Waals surface area contributed by atoms with Gasteiger partial charge in [0.2, 0.25) is 5.91 Å². The summed E-state index contributed by atoms with van der Waals surface area (Å²) in [7, 11) is 0. The second-order valence-electron chi connectivity index (χ2n) is 7.81. The van der Waals surface area contributed by atoms with Crippen LogP contribution in [0.4, 0.5) is 5.69 Å². The maximum atomic E-state index is 12.7. The number of anilines is 1. The minimum atomic E-state index is -0.569. The third-order valence-electron chi connectivity index (χ3n) is 4.98. The first-order valence-electron chi connectivity index (χ1n) is 8.59. The van der Waals surface area contributed by atoms with E-state index in [4.69, 9.17) is 5.73 Å². The molecule has 0 aromatic heterocycles. The number of nitrogens with two attached hydrogens (primary N) is 1. The van der Waals surface area contributed by atoms with Crippen LogP contribution in [0.15, 0.2) is 54.6 Å². The number of hydrogen-bond donors (Lipinski definition) is 2. The van der Waals surface area contributed by atoms with Crippen LogP contribution in [-0.2, 0) is 4.79 Å². The molecule has 126 valence electrons. The average Bonchev–Trinajstić information content (AvgIpc) is 2.59. The van der Waals surface area contributed by atoms with Gasteiger partial charge in [0.25, 0.3) is 0 Å². The molecule has 4 aromatic carbocycles. The van der Waals surface area contributed by atoms with E-state index < -0.39 is 6.04 Å². The number of carbonyl (C=O) groups excluding carboxylic acids is 1. The number of nitrogens with one attached hydrogen (secondary N) is 1. The first-order chi connectivity index (χ1) is 11.9. The molecule has 25 heavy (non-hydrogen) atoms. The Hall–Kier alpha value is -2.65. The Morgan fingerprint density at radius 3 is 2.20 bits per heavy atom. The average molecular weight is 330 g/mol. The van der Waals surface area contributed by atoms with E-state index in [1.165, 1.54) is 21.5 Å². The van der Waals surface area contributed by atoms with E-state index in [2.05, 4.69) is 47.8 Å². The van der Waals surface area contributed by atoms with Gasteiger partial charge in [-0.2, -0.15) is 0 Å². The molecule has 3 nitrogen and oxygen atoms in total.